The van der Waals surface area contributed by atoms with Gasteiger partial charge in [-0.3, -0.25) is 4.79 Å². The van der Waals surface area contributed by atoms with Gasteiger partial charge in [0.1, 0.15) is 5.82 Å². The van der Waals surface area contributed by atoms with Crippen LogP contribution in [0.5, 0.6) is 0 Å². The molecular formula is C17H15FN2O. The first kappa shape index (κ1) is 13.4. The molecule has 0 atom stereocenters. The Morgan fingerprint density at radius 2 is 2.05 bits per heavy atom. The standard InChI is InChI=1S/C17H15FN2O/c1-11-3-2-4-16-14(11)7-8-20(16)10-13-9-12(17(19)21)5-6-15(13)18/h2-9H,10H2,1H3,(H2,19,21). The fraction of sp³-hybridized carbons (Fsp3) is 0.118. The molecule has 0 radical (unpaired) electrons. The molecule has 0 aliphatic carbocycles. The van der Waals surface area contributed by atoms with Crippen LogP contribution in [0.25, 0.3) is 10.9 Å². The number of carbonyl (C=O) groups is 1. The summed E-state index contributed by atoms with van der Waals surface area (Å²) in [5.74, 6) is -0.890. The third kappa shape index (κ3) is 2.40. The Labute approximate surface area is 121 Å². The van der Waals surface area contributed by atoms with E-state index in [4.69, 9.17) is 5.73 Å². The van der Waals surface area contributed by atoms with E-state index in [1.807, 2.05) is 42.0 Å². The third-order valence-electron chi connectivity index (χ3n) is 3.70. The van der Waals surface area contributed by atoms with Gasteiger partial charge in [-0.25, -0.2) is 4.39 Å². The van der Waals surface area contributed by atoms with Gasteiger partial charge in [0.05, 0.1) is 6.54 Å². The molecule has 1 amide bonds. The molecule has 0 unspecified atom stereocenters. The Hall–Kier alpha value is -2.62. The monoisotopic (exact) mass is 282 g/mol. The molecular weight excluding hydrogens is 267 g/mol. The summed E-state index contributed by atoms with van der Waals surface area (Å²) in [6.07, 6.45) is 1.92. The summed E-state index contributed by atoms with van der Waals surface area (Å²) in [5, 5.41) is 1.14. The minimum absolute atomic E-state index is 0.319. The lowest BCUT2D eigenvalue weighted by Gasteiger charge is -2.08. The van der Waals surface area contributed by atoms with E-state index in [-0.39, 0.29) is 5.82 Å². The maximum absolute atomic E-state index is 13.9. The summed E-state index contributed by atoms with van der Waals surface area (Å²) >= 11 is 0. The molecule has 2 N–H and O–H groups in total. The lowest BCUT2D eigenvalue weighted by molar-refractivity contribution is 0.1000. The van der Waals surface area contributed by atoms with E-state index in [9.17, 15) is 9.18 Å². The van der Waals surface area contributed by atoms with Crippen molar-refractivity contribution in [3.05, 3.63) is 71.2 Å². The van der Waals surface area contributed by atoms with Crippen molar-refractivity contribution in [1.29, 1.82) is 0 Å². The molecule has 0 aliphatic rings. The van der Waals surface area contributed by atoms with Gasteiger partial charge in [0, 0.05) is 28.2 Å². The molecule has 21 heavy (non-hydrogen) atoms. The van der Waals surface area contributed by atoms with Gasteiger partial charge in [0.25, 0.3) is 0 Å². The number of fused-ring (bicyclic) bond motifs is 1. The number of hydrogen-bond donors (Lipinski definition) is 1. The second-order valence-electron chi connectivity index (χ2n) is 5.12. The number of rotatable bonds is 3. The highest BCUT2D eigenvalue weighted by Gasteiger charge is 2.09. The number of aromatic nitrogens is 1. The number of hydrogen-bond acceptors (Lipinski definition) is 1. The molecule has 0 fully saturated rings. The van der Waals surface area contributed by atoms with Gasteiger partial charge >= 0.3 is 0 Å². The molecule has 0 bridgehead atoms. The van der Waals surface area contributed by atoms with Gasteiger partial charge in [0.2, 0.25) is 5.91 Å². The van der Waals surface area contributed by atoms with Crippen molar-refractivity contribution >= 4 is 16.8 Å². The van der Waals surface area contributed by atoms with Crippen LogP contribution in [0, 0.1) is 12.7 Å². The Kier molecular flexibility index (Phi) is 3.22. The van der Waals surface area contributed by atoms with Crippen molar-refractivity contribution in [3.63, 3.8) is 0 Å². The van der Waals surface area contributed by atoms with Crippen molar-refractivity contribution in [2.24, 2.45) is 5.73 Å². The first-order chi connectivity index (χ1) is 10.1. The molecule has 4 heteroatoms. The third-order valence-corrected chi connectivity index (χ3v) is 3.70. The summed E-state index contributed by atoms with van der Waals surface area (Å²) in [6, 6.07) is 12.2. The lowest BCUT2D eigenvalue weighted by atomic mass is 10.1. The largest absolute Gasteiger partial charge is 0.366 e. The number of nitrogens with zero attached hydrogens (tertiary/aromatic N) is 1. The molecule has 0 spiro atoms. The minimum Gasteiger partial charge on any atom is -0.366 e. The summed E-state index contributed by atoms with van der Waals surface area (Å²) in [6.45, 7) is 2.40. The van der Waals surface area contributed by atoms with Crippen molar-refractivity contribution in [1.82, 2.24) is 4.57 Å². The van der Waals surface area contributed by atoms with Crippen LogP contribution in [0.2, 0.25) is 0 Å². The Balaban J connectivity index is 2.04. The zero-order valence-electron chi connectivity index (χ0n) is 11.6. The molecule has 3 rings (SSSR count). The maximum Gasteiger partial charge on any atom is 0.248 e. The molecule has 0 saturated heterocycles. The van der Waals surface area contributed by atoms with Crippen molar-refractivity contribution < 1.29 is 9.18 Å². The van der Waals surface area contributed by atoms with E-state index in [2.05, 4.69) is 0 Å². The van der Waals surface area contributed by atoms with Crippen LogP contribution < -0.4 is 5.73 Å². The highest BCUT2D eigenvalue weighted by Crippen LogP contribution is 2.21. The lowest BCUT2D eigenvalue weighted by Crippen LogP contribution is -2.12. The predicted molar refractivity (Wildman–Crippen MR) is 80.7 cm³/mol. The number of nitrogens with two attached hydrogens (primary N) is 1. The van der Waals surface area contributed by atoms with Crippen LogP contribution in [0.15, 0.2) is 48.7 Å². The van der Waals surface area contributed by atoms with E-state index in [0.717, 1.165) is 10.9 Å². The molecule has 2 aromatic carbocycles. The first-order valence-electron chi connectivity index (χ1n) is 6.69. The minimum atomic E-state index is -0.551. The van der Waals surface area contributed by atoms with Crippen molar-refractivity contribution in [2.75, 3.05) is 0 Å². The van der Waals surface area contributed by atoms with Crippen molar-refractivity contribution in [2.45, 2.75) is 13.5 Å². The van der Waals surface area contributed by atoms with Gasteiger partial charge < -0.3 is 10.3 Å². The Morgan fingerprint density at radius 1 is 1.24 bits per heavy atom. The van der Waals surface area contributed by atoms with Crippen LogP contribution in [0.4, 0.5) is 4.39 Å². The molecule has 106 valence electrons. The average Bonchev–Trinajstić information content (AvgIpc) is 2.86. The highest BCUT2D eigenvalue weighted by molar-refractivity contribution is 5.93. The second-order valence-corrected chi connectivity index (χ2v) is 5.12. The van der Waals surface area contributed by atoms with Crippen LogP contribution in [-0.4, -0.2) is 10.5 Å². The van der Waals surface area contributed by atoms with Gasteiger partial charge in [-0.15, -0.1) is 0 Å². The van der Waals surface area contributed by atoms with Crippen LogP contribution >= 0.6 is 0 Å². The average molecular weight is 282 g/mol. The van der Waals surface area contributed by atoms with Crippen LogP contribution in [0.3, 0.4) is 0 Å². The van der Waals surface area contributed by atoms with E-state index >= 15 is 0 Å². The van der Waals surface area contributed by atoms with Gasteiger partial charge in [0.15, 0.2) is 0 Å². The van der Waals surface area contributed by atoms with E-state index in [1.54, 1.807) is 0 Å². The highest BCUT2D eigenvalue weighted by atomic mass is 19.1. The number of aryl methyl sites for hydroxylation is 1. The van der Waals surface area contributed by atoms with Crippen molar-refractivity contribution in [3.8, 4) is 0 Å². The fourth-order valence-corrected chi connectivity index (χ4v) is 2.55. The van der Waals surface area contributed by atoms with E-state index in [0.29, 0.717) is 17.7 Å². The van der Waals surface area contributed by atoms with Crippen LogP contribution in [-0.2, 0) is 6.54 Å². The molecule has 3 nitrogen and oxygen atoms in total. The molecule has 0 aliphatic heterocycles. The maximum atomic E-state index is 13.9. The zero-order valence-corrected chi connectivity index (χ0v) is 11.6. The smallest absolute Gasteiger partial charge is 0.248 e. The van der Waals surface area contributed by atoms with Gasteiger partial charge in [-0.05, 0) is 42.8 Å². The molecule has 3 aromatic rings. The topological polar surface area (TPSA) is 48.0 Å². The molecule has 0 saturated carbocycles. The summed E-state index contributed by atoms with van der Waals surface area (Å²) < 4.78 is 15.9. The Bertz CT molecular complexity index is 836. The predicted octanol–water partition coefficient (Wildman–Crippen LogP) is 3.24. The number of benzene rings is 2. The molecule has 1 heterocycles. The fourth-order valence-electron chi connectivity index (χ4n) is 2.55. The van der Waals surface area contributed by atoms with Crippen LogP contribution in [0.1, 0.15) is 21.5 Å². The quantitative estimate of drug-likeness (QED) is 0.787. The number of halogens is 1. The van der Waals surface area contributed by atoms with E-state index < -0.39 is 5.91 Å². The van der Waals surface area contributed by atoms with E-state index in [1.165, 1.54) is 23.8 Å². The molecule has 1 aromatic heterocycles. The summed E-state index contributed by atoms with van der Waals surface area (Å²) in [7, 11) is 0. The Morgan fingerprint density at radius 3 is 2.81 bits per heavy atom. The summed E-state index contributed by atoms with van der Waals surface area (Å²) in [4.78, 5) is 11.2. The number of carbonyl (C=O) groups excluding carboxylic acids is 1. The SMILES string of the molecule is Cc1cccc2c1ccn2Cc1cc(C(N)=O)ccc1F. The van der Waals surface area contributed by atoms with Gasteiger partial charge in [-0.2, -0.15) is 0 Å². The van der Waals surface area contributed by atoms with Gasteiger partial charge in [-0.1, -0.05) is 12.1 Å². The summed E-state index contributed by atoms with van der Waals surface area (Å²) in [5.41, 5.74) is 8.24. The first-order valence-corrected chi connectivity index (χ1v) is 6.69. The number of amides is 1. The second kappa shape index (κ2) is 5.05. The normalized spacial score (nSPS) is 11.0. The number of primary amides is 1. The zero-order chi connectivity index (χ0) is 15.0.